The van der Waals surface area contributed by atoms with Gasteiger partial charge in [0.05, 0.1) is 25.8 Å². The van der Waals surface area contributed by atoms with E-state index in [9.17, 15) is 4.79 Å². The number of ether oxygens (including phenoxy) is 2. The lowest BCUT2D eigenvalue weighted by atomic mass is 9.80. The highest BCUT2D eigenvalue weighted by Crippen LogP contribution is 2.39. The van der Waals surface area contributed by atoms with Crippen molar-refractivity contribution in [2.45, 2.75) is 45.1 Å². The lowest BCUT2D eigenvalue weighted by Gasteiger charge is -2.31. The van der Waals surface area contributed by atoms with Crippen molar-refractivity contribution < 1.29 is 14.3 Å². The highest BCUT2D eigenvalue weighted by molar-refractivity contribution is 5.89. The molecule has 184 valence electrons. The summed E-state index contributed by atoms with van der Waals surface area (Å²) in [5, 5.41) is 3.79. The van der Waals surface area contributed by atoms with Gasteiger partial charge in [0.2, 0.25) is 0 Å². The van der Waals surface area contributed by atoms with Crippen LogP contribution in [0.2, 0.25) is 0 Å². The molecule has 2 atom stereocenters. The predicted octanol–water partition coefficient (Wildman–Crippen LogP) is 7.94. The summed E-state index contributed by atoms with van der Waals surface area (Å²) in [5.74, 6) is 0.667. The highest BCUT2D eigenvalue weighted by Gasteiger charge is 2.26. The number of methoxy groups -OCH3 is 2. The molecule has 0 aliphatic heterocycles. The van der Waals surface area contributed by atoms with Crippen LogP contribution >= 0.6 is 0 Å². The fourth-order valence-corrected chi connectivity index (χ4v) is 4.43. The molecule has 0 amide bonds. The van der Waals surface area contributed by atoms with E-state index in [0.717, 1.165) is 35.4 Å². The van der Waals surface area contributed by atoms with Gasteiger partial charge in [-0.15, -0.1) is 0 Å². The quantitative estimate of drug-likeness (QED) is 0.203. The van der Waals surface area contributed by atoms with E-state index in [0.29, 0.717) is 5.56 Å². The maximum atomic E-state index is 11.9. The van der Waals surface area contributed by atoms with Gasteiger partial charge in [-0.1, -0.05) is 81.7 Å². The van der Waals surface area contributed by atoms with E-state index in [1.807, 2.05) is 42.5 Å². The van der Waals surface area contributed by atoms with Crippen molar-refractivity contribution in [3.05, 3.63) is 102 Å². The normalized spacial score (nSPS) is 12.4. The minimum atomic E-state index is -0.332. The van der Waals surface area contributed by atoms with Crippen molar-refractivity contribution in [3.63, 3.8) is 0 Å². The highest BCUT2D eigenvalue weighted by atomic mass is 16.5. The van der Waals surface area contributed by atoms with Crippen molar-refractivity contribution in [1.82, 2.24) is 0 Å². The van der Waals surface area contributed by atoms with Gasteiger partial charge < -0.3 is 14.8 Å². The Morgan fingerprint density at radius 3 is 2.11 bits per heavy atom. The number of hydrogen-bond donors (Lipinski definition) is 1. The molecule has 0 aromatic heterocycles. The third kappa shape index (κ3) is 7.22. The maximum Gasteiger partial charge on any atom is 0.337 e. The molecule has 0 saturated carbocycles. The van der Waals surface area contributed by atoms with Gasteiger partial charge in [0.1, 0.15) is 5.75 Å². The standard InChI is InChI=1S/C31H37NO3/c1-5-6-7-11-14-29(23(2)24-15-17-26(18-16-24)31(33)35-4)30(25-12-9-8-10-13-25)32-27-19-21-28(34-3)22-20-27/h8-10,12-13,15-22,29-30,32H,2,5-7,11,14H2,1,3-4H3. The molecule has 0 fully saturated rings. The SMILES string of the molecule is C=C(c1ccc(C(=O)OC)cc1)C(CCCCCC)C(Nc1ccc(OC)cc1)c1ccccc1. The van der Waals surface area contributed by atoms with E-state index in [4.69, 9.17) is 9.47 Å². The lowest BCUT2D eigenvalue weighted by Crippen LogP contribution is -2.22. The molecule has 35 heavy (non-hydrogen) atoms. The summed E-state index contributed by atoms with van der Waals surface area (Å²) in [5.41, 5.74) is 4.89. The van der Waals surface area contributed by atoms with E-state index in [1.165, 1.54) is 31.9 Å². The van der Waals surface area contributed by atoms with Gasteiger partial charge in [0.15, 0.2) is 0 Å². The van der Waals surface area contributed by atoms with Crippen LogP contribution in [0.5, 0.6) is 5.75 Å². The summed E-state index contributed by atoms with van der Waals surface area (Å²) in [7, 11) is 3.08. The van der Waals surface area contributed by atoms with Crippen LogP contribution in [-0.2, 0) is 4.74 Å². The number of nitrogens with one attached hydrogen (secondary N) is 1. The van der Waals surface area contributed by atoms with Crippen molar-refractivity contribution in [2.24, 2.45) is 5.92 Å². The average molecular weight is 472 g/mol. The van der Waals surface area contributed by atoms with E-state index in [1.54, 1.807) is 7.11 Å². The van der Waals surface area contributed by atoms with Crippen LogP contribution in [0.25, 0.3) is 5.57 Å². The summed E-state index contributed by atoms with van der Waals surface area (Å²) in [4.78, 5) is 11.9. The van der Waals surface area contributed by atoms with E-state index >= 15 is 0 Å². The second-order valence-electron chi connectivity index (χ2n) is 8.81. The Hall–Kier alpha value is -3.53. The first-order valence-electron chi connectivity index (χ1n) is 12.4. The average Bonchev–Trinajstić information content (AvgIpc) is 2.92. The molecule has 0 aliphatic carbocycles. The minimum absolute atomic E-state index is 0.0407. The minimum Gasteiger partial charge on any atom is -0.497 e. The van der Waals surface area contributed by atoms with Crippen molar-refractivity contribution in [2.75, 3.05) is 19.5 Å². The number of rotatable bonds is 13. The molecule has 3 aromatic rings. The van der Waals surface area contributed by atoms with Crippen molar-refractivity contribution in [1.29, 1.82) is 0 Å². The first-order valence-corrected chi connectivity index (χ1v) is 12.4. The van der Waals surface area contributed by atoms with Gasteiger partial charge in [0, 0.05) is 11.6 Å². The molecule has 1 N–H and O–H groups in total. The summed E-state index contributed by atoms with van der Waals surface area (Å²) in [6.45, 7) is 6.79. The van der Waals surface area contributed by atoms with Crippen LogP contribution in [0, 0.1) is 5.92 Å². The van der Waals surface area contributed by atoms with Gasteiger partial charge in [-0.3, -0.25) is 0 Å². The second-order valence-corrected chi connectivity index (χ2v) is 8.81. The summed E-state index contributed by atoms with van der Waals surface area (Å²) >= 11 is 0. The molecule has 4 nitrogen and oxygen atoms in total. The lowest BCUT2D eigenvalue weighted by molar-refractivity contribution is 0.0600. The molecule has 3 aromatic carbocycles. The molecule has 0 radical (unpaired) electrons. The Morgan fingerprint density at radius 1 is 0.857 bits per heavy atom. The zero-order valence-corrected chi connectivity index (χ0v) is 21.1. The van der Waals surface area contributed by atoms with E-state index in [-0.39, 0.29) is 17.9 Å². The molecule has 3 rings (SSSR count). The number of benzene rings is 3. The van der Waals surface area contributed by atoms with Crippen molar-refractivity contribution >= 4 is 17.2 Å². The number of carbonyl (C=O) groups is 1. The van der Waals surface area contributed by atoms with Gasteiger partial charge in [-0.05, 0) is 59.5 Å². The molecule has 0 spiro atoms. The molecular weight excluding hydrogens is 434 g/mol. The predicted molar refractivity (Wildman–Crippen MR) is 145 cm³/mol. The Bertz CT molecular complexity index is 1060. The summed E-state index contributed by atoms with van der Waals surface area (Å²) in [6, 6.07) is 26.2. The zero-order chi connectivity index (χ0) is 25.0. The van der Waals surface area contributed by atoms with Crippen LogP contribution in [-0.4, -0.2) is 20.2 Å². The molecule has 0 aliphatic rings. The van der Waals surface area contributed by atoms with Crippen LogP contribution in [0.1, 0.15) is 66.6 Å². The monoisotopic (exact) mass is 471 g/mol. The first-order chi connectivity index (χ1) is 17.1. The Kier molecular flexibility index (Phi) is 9.97. The number of carbonyl (C=O) groups excluding carboxylic acids is 1. The maximum absolute atomic E-state index is 11.9. The Balaban J connectivity index is 1.95. The van der Waals surface area contributed by atoms with Crippen LogP contribution in [0.3, 0.4) is 0 Å². The molecule has 0 saturated heterocycles. The molecule has 0 heterocycles. The topological polar surface area (TPSA) is 47.6 Å². The van der Waals surface area contributed by atoms with E-state index < -0.39 is 0 Å². The fourth-order valence-electron chi connectivity index (χ4n) is 4.43. The molecule has 4 heteroatoms. The molecular formula is C31H37NO3. The van der Waals surface area contributed by atoms with Gasteiger partial charge in [0.25, 0.3) is 0 Å². The number of hydrogen-bond acceptors (Lipinski definition) is 4. The Morgan fingerprint density at radius 2 is 1.51 bits per heavy atom. The third-order valence-electron chi connectivity index (χ3n) is 6.47. The zero-order valence-electron chi connectivity index (χ0n) is 21.1. The summed E-state index contributed by atoms with van der Waals surface area (Å²) in [6.07, 6.45) is 5.78. The number of unbranched alkanes of at least 4 members (excludes halogenated alkanes) is 3. The smallest absolute Gasteiger partial charge is 0.337 e. The molecule has 0 bridgehead atoms. The number of esters is 1. The van der Waals surface area contributed by atoms with Crippen LogP contribution in [0.4, 0.5) is 5.69 Å². The first kappa shape index (κ1) is 26.1. The van der Waals surface area contributed by atoms with Gasteiger partial charge in [-0.25, -0.2) is 4.79 Å². The van der Waals surface area contributed by atoms with E-state index in [2.05, 4.69) is 55.2 Å². The van der Waals surface area contributed by atoms with Crippen LogP contribution in [0.15, 0.2) is 85.4 Å². The fraction of sp³-hybridized carbons (Fsp3) is 0.323. The van der Waals surface area contributed by atoms with Gasteiger partial charge in [-0.2, -0.15) is 0 Å². The summed E-state index contributed by atoms with van der Waals surface area (Å²) < 4.78 is 10.2. The number of anilines is 1. The molecule has 2 unspecified atom stereocenters. The van der Waals surface area contributed by atoms with Gasteiger partial charge >= 0.3 is 5.97 Å². The largest absolute Gasteiger partial charge is 0.497 e. The van der Waals surface area contributed by atoms with Crippen molar-refractivity contribution in [3.8, 4) is 5.75 Å². The van der Waals surface area contributed by atoms with Crippen LogP contribution < -0.4 is 10.1 Å². The second kappa shape index (κ2) is 13.4. The third-order valence-corrected chi connectivity index (χ3v) is 6.47. The Labute approximate surface area is 210 Å².